The fraction of sp³-hybridized carbons (Fsp3) is 0.400. The van der Waals surface area contributed by atoms with E-state index in [4.69, 9.17) is 16.3 Å². The molecule has 1 aliphatic rings. The smallest absolute Gasteiger partial charge is 0.242 e. The van der Waals surface area contributed by atoms with Crippen LogP contribution in [0.25, 0.3) is 0 Å². The molecule has 0 spiro atoms. The number of sulfonamides is 1. The number of nitrogens with zero attached hydrogens (tertiary/aromatic N) is 1. The largest absolute Gasteiger partial charge is 0.371 e. The third kappa shape index (κ3) is 5.77. The number of hydrogen-bond donors (Lipinski definition) is 1. The van der Waals surface area contributed by atoms with Crippen molar-refractivity contribution >= 4 is 21.6 Å². The minimum atomic E-state index is -3.56. The van der Waals surface area contributed by atoms with Crippen molar-refractivity contribution in [1.29, 1.82) is 0 Å². The van der Waals surface area contributed by atoms with E-state index >= 15 is 0 Å². The van der Waals surface area contributed by atoms with Crippen LogP contribution in [0, 0.1) is 0 Å². The molecule has 0 aliphatic carbocycles. The summed E-state index contributed by atoms with van der Waals surface area (Å²) in [6.07, 6.45) is 1.81. The molecule has 1 N–H and O–H groups in total. The Kier molecular flexibility index (Phi) is 7.26. The Morgan fingerprint density at radius 3 is 2.59 bits per heavy atom. The van der Waals surface area contributed by atoms with Gasteiger partial charge in [-0.25, -0.2) is 13.1 Å². The van der Waals surface area contributed by atoms with Gasteiger partial charge in [-0.1, -0.05) is 54.1 Å². The first-order chi connectivity index (χ1) is 13.1. The van der Waals surface area contributed by atoms with Gasteiger partial charge in [-0.3, -0.25) is 4.90 Å². The summed E-state index contributed by atoms with van der Waals surface area (Å²) in [5.41, 5.74) is 1.20. The molecule has 1 aliphatic heterocycles. The van der Waals surface area contributed by atoms with Crippen LogP contribution in [0.1, 0.15) is 24.5 Å². The third-order valence-corrected chi connectivity index (χ3v) is 6.60. The fourth-order valence-electron chi connectivity index (χ4n) is 3.18. The summed E-state index contributed by atoms with van der Waals surface area (Å²) < 4.78 is 33.1. The predicted molar refractivity (Wildman–Crippen MR) is 107 cm³/mol. The fourth-order valence-corrected chi connectivity index (χ4v) is 4.77. The monoisotopic (exact) mass is 408 g/mol. The number of morpholine rings is 1. The SMILES string of the molecule is O=S(=O)(NCCCCN1CCOC(c2ccccc2)C1)c1ccccc1Cl. The van der Waals surface area contributed by atoms with Crippen LogP contribution in [0.5, 0.6) is 0 Å². The van der Waals surface area contributed by atoms with E-state index in [0.717, 1.165) is 39.1 Å². The lowest BCUT2D eigenvalue weighted by Crippen LogP contribution is -2.39. The zero-order valence-corrected chi connectivity index (χ0v) is 16.8. The third-order valence-electron chi connectivity index (χ3n) is 4.64. The molecule has 1 atom stereocenters. The maximum Gasteiger partial charge on any atom is 0.242 e. The number of hydrogen-bond acceptors (Lipinski definition) is 4. The van der Waals surface area contributed by atoms with Crippen LogP contribution < -0.4 is 4.72 Å². The van der Waals surface area contributed by atoms with Crippen molar-refractivity contribution < 1.29 is 13.2 Å². The molecular formula is C20H25ClN2O3S. The van der Waals surface area contributed by atoms with Gasteiger partial charge < -0.3 is 4.74 Å². The number of unbranched alkanes of at least 4 members (excludes halogenated alkanes) is 1. The van der Waals surface area contributed by atoms with Gasteiger partial charge in [-0.2, -0.15) is 0 Å². The van der Waals surface area contributed by atoms with E-state index in [1.54, 1.807) is 18.2 Å². The Morgan fingerprint density at radius 1 is 1.07 bits per heavy atom. The summed E-state index contributed by atoms with van der Waals surface area (Å²) in [6, 6.07) is 16.7. The first kappa shape index (κ1) is 20.3. The standard InChI is InChI=1S/C20H25ClN2O3S/c21-18-10-4-5-11-20(18)27(24,25)22-12-6-7-13-23-14-15-26-19(16-23)17-8-2-1-3-9-17/h1-5,8-11,19,22H,6-7,12-16H2. The van der Waals surface area contributed by atoms with E-state index in [0.29, 0.717) is 6.54 Å². The molecule has 0 amide bonds. The van der Waals surface area contributed by atoms with Crippen molar-refractivity contribution in [3.63, 3.8) is 0 Å². The van der Waals surface area contributed by atoms with Crippen LogP contribution in [0.2, 0.25) is 5.02 Å². The molecule has 27 heavy (non-hydrogen) atoms. The summed E-state index contributed by atoms with van der Waals surface area (Å²) in [7, 11) is -3.56. The van der Waals surface area contributed by atoms with Crippen molar-refractivity contribution in [3.8, 4) is 0 Å². The normalized spacial score (nSPS) is 18.5. The van der Waals surface area contributed by atoms with E-state index in [2.05, 4.69) is 21.8 Å². The van der Waals surface area contributed by atoms with Crippen LogP contribution in [0.3, 0.4) is 0 Å². The van der Waals surface area contributed by atoms with Crippen LogP contribution in [0.15, 0.2) is 59.5 Å². The lowest BCUT2D eigenvalue weighted by Gasteiger charge is -2.33. The maximum absolute atomic E-state index is 12.3. The van der Waals surface area contributed by atoms with E-state index in [1.807, 2.05) is 18.2 Å². The van der Waals surface area contributed by atoms with Crippen molar-refractivity contribution in [1.82, 2.24) is 9.62 Å². The van der Waals surface area contributed by atoms with Gasteiger partial charge in [0, 0.05) is 19.6 Å². The van der Waals surface area contributed by atoms with E-state index < -0.39 is 10.0 Å². The van der Waals surface area contributed by atoms with Gasteiger partial charge in [0.2, 0.25) is 10.0 Å². The number of rotatable bonds is 8. The Labute approximate surface area is 166 Å². The number of nitrogens with one attached hydrogen (secondary N) is 1. The molecule has 2 aromatic rings. The Morgan fingerprint density at radius 2 is 1.81 bits per heavy atom. The van der Waals surface area contributed by atoms with Crippen LogP contribution in [0.4, 0.5) is 0 Å². The lowest BCUT2D eigenvalue weighted by molar-refractivity contribution is -0.0303. The van der Waals surface area contributed by atoms with Gasteiger partial charge in [-0.05, 0) is 37.1 Å². The quantitative estimate of drug-likeness (QED) is 0.679. The van der Waals surface area contributed by atoms with E-state index in [9.17, 15) is 8.42 Å². The Bertz CT molecular complexity index is 830. The van der Waals surface area contributed by atoms with Crippen LogP contribution >= 0.6 is 11.6 Å². The first-order valence-corrected chi connectivity index (χ1v) is 11.1. The average Bonchev–Trinajstić information content (AvgIpc) is 2.69. The maximum atomic E-state index is 12.3. The summed E-state index contributed by atoms with van der Waals surface area (Å²) >= 11 is 5.98. The van der Waals surface area contributed by atoms with Crippen molar-refractivity contribution in [2.75, 3.05) is 32.8 Å². The van der Waals surface area contributed by atoms with Gasteiger partial charge in [-0.15, -0.1) is 0 Å². The summed E-state index contributed by atoms with van der Waals surface area (Å²) in [4.78, 5) is 2.51. The molecule has 146 valence electrons. The molecule has 2 aromatic carbocycles. The van der Waals surface area contributed by atoms with E-state index in [-0.39, 0.29) is 16.0 Å². The molecule has 0 saturated carbocycles. The minimum absolute atomic E-state index is 0.110. The topological polar surface area (TPSA) is 58.6 Å². The highest BCUT2D eigenvalue weighted by Crippen LogP contribution is 2.22. The molecule has 5 nitrogen and oxygen atoms in total. The molecule has 1 fully saturated rings. The van der Waals surface area contributed by atoms with Gasteiger partial charge in [0.25, 0.3) is 0 Å². The molecule has 1 saturated heterocycles. The molecular weight excluding hydrogens is 384 g/mol. The Hall–Kier alpha value is -1.44. The number of halogens is 1. The highest BCUT2D eigenvalue weighted by Gasteiger charge is 2.21. The van der Waals surface area contributed by atoms with Gasteiger partial charge in [0.15, 0.2) is 0 Å². The molecule has 0 bridgehead atoms. The second-order valence-corrected chi connectivity index (χ2v) is 8.75. The van der Waals surface area contributed by atoms with Crippen molar-refractivity contribution in [3.05, 3.63) is 65.2 Å². The van der Waals surface area contributed by atoms with Crippen molar-refractivity contribution in [2.24, 2.45) is 0 Å². The highest BCUT2D eigenvalue weighted by molar-refractivity contribution is 7.89. The Balaban J connectivity index is 1.41. The number of ether oxygens (including phenoxy) is 1. The van der Waals surface area contributed by atoms with Gasteiger partial charge in [0.1, 0.15) is 4.90 Å². The van der Waals surface area contributed by atoms with Crippen LogP contribution in [-0.4, -0.2) is 46.1 Å². The molecule has 1 heterocycles. The highest BCUT2D eigenvalue weighted by atomic mass is 35.5. The molecule has 3 rings (SSSR count). The number of benzene rings is 2. The minimum Gasteiger partial charge on any atom is -0.371 e. The zero-order chi connectivity index (χ0) is 19.1. The van der Waals surface area contributed by atoms with E-state index in [1.165, 1.54) is 11.6 Å². The summed E-state index contributed by atoms with van der Waals surface area (Å²) in [5, 5.41) is 0.241. The second kappa shape index (κ2) is 9.66. The molecule has 0 aromatic heterocycles. The van der Waals surface area contributed by atoms with Crippen LogP contribution in [-0.2, 0) is 14.8 Å². The van der Waals surface area contributed by atoms with Gasteiger partial charge in [0.05, 0.1) is 17.7 Å². The molecule has 0 radical (unpaired) electrons. The average molecular weight is 409 g/mol. The first-order valence-electron chi connectivity index (χ1n) is 9.19. The summed E-state index contributed by atoms with van der Waals surface area (Å²) in [5.74, 6) is 0. The summed E-state index contributed by atoms with van der Waals surface area (Å²) in [6.45, 7) is 3.84. The lowest BCUT2D eigenvalue weighted by atomic mass is 10.1. The second-order valence-electron chi connectivity index (χ2n) is 6.61. The zero-order valence-electron chi connectivity index (χ0n) is 15.2. The predicted octanol–water partition coefficient (Wildman–Crippen LogP) is 3.47. The molecule has 7 heteroatoms. The van der Waals surface area contributed by atoms with Crippen molar-refractivity contribution in [2.45, 2.75) is 23.8 Å². The van der Waals surface area contributed by atoms with Gasteiger partial charge >= 0.3 is 0 Å². The molecule has 1 unspecified atom stereocenters.